The Labute approximate surface area is 132 Å². The average molecular weight is 275 g/mol. The fraction of sp³-hybridized carbons (Fsp3) is 1.00. The van der Waals surface area contributed by atoms with E-state index in [4.69, 9.17) is 12.3 Å². The van der Waals surface area contributed by atoms with Crippen LogP contribution in [0.15, 0.2) is 0 Å². The van der Waals surface area contributed by atoms with E-state index < -0.39 is 72.9 Å². The second-order valence-corrected chi connectivity index (χ2v) is 6.69. The summed E-state index contributed by atoms with van der Waals surface area (Å²) in [4.78, 5) is 0. The van der Waals surface area contributed by atoms with Gasteiger partial charge in [-0.05, 0) is 0 Å². The fourth-order valence-electron chi connectivity index (χ4n) is 3.77. The van der Waals surface area contributed by atoms with E-state index in [2.05, 4.69) is 4.37 Å². The summed E-state index contributed by atoms with van der Waals surface area (Å²) in [5, 5.41) is 0. The van der Waals surface area contributed by atoms with Gasteiger partial charge in [-0.1, -0.05) is 41.5 Å². The maximum absolute atomic E-state index is 8.93. The molecule has 9 atom stereocenters. The Morgan fingerprint density at radius 3 is 1.05 bits per heavy atom. The summed E-state index contributed by atoms with van der Waals surface area (Å²) in [7, 11) is 0. The molecule has 0 aliphatic carbocycles. The van der Waals surface area contributed by atoms with Gasteiger partial charge in [0.2, 0.25) is 0 Å². The van der Waals surface area contributed by atoms with Crippen LogP contribution >= 0.6 is 0 Å². The Morgan fingerprint density at radius 1 is 0.684 bits per heavy atom. The normalized spacial score (nSPS) is 77.7. The van der Waals surface area contributed by atoms with Crippen molar-refractivity contribution in [3.05, 3.63) is 0 Å². The highest BCUT2D eigenvalue weighted by atomic mass is 16.8. The highest BCUT2D eigenvalue weighted by Gasteiger charge is 2.77. The first-order valence-corrected chi connectivity index (χ1v) is 7.09. The van der Waals surface area contributed by atoms with E-state index in [0.717, 1.165) is 0 Å². The van der Waals surface area contributed by atoms with Crippen LogP contribution in [0.3, 0.4) is 0 Å². The Bertz CT molecular complexity index is 547. The topological polar surface area (TPSA) is 2.70 Å². The molecule has 1 heteroatoms. The Hall–Kier alpha value is -0.0400. The lowest BCUT2D eigenvalue weighted by Crippen LogP contribution is -2.53. The van der Waals surface area contributed by atoms with Crippen molar-refractivity contribution in [2.45, 2.75) is 96.7 Å². The predicted molar refractivity (Wildman–Crippen MR) is 81.5 cm³/mol. The SMILES string of the molecule is [2H][C@@H]1[C@H]([2H])C2(C([2H])(C)C)[C@H]([2H])[C@H]([2H])C3(C([2H])(C)C)[C@H]([2H])[C@H]([2H])C1(C([2H])(C)C)[O+]32. The third kappa shape index (κ3) is 1.41. The largest absolute Gasteiger partial charge is 0.408 e. The van der Waals surface area contributed by atoms with E-state index in [1.165, 1.54) is 0 Å². The lowest BCUT2D eigenvalue weighted by Gasteiger charge is -2.46. The van der Waals surface area contributed by atoms with Gasteiger partial charge in [0.1, 0.15) is 0 Å². The summed E-state index contributed by atoms with van der Waals surface area (Å²) in [6.45, 7) is 9.24. The van der Waals surface area contributed by atoms with Gasteiger partial charge in [-0.2, -0.15) is 0 Å². The summed E-state index contributed by atoms with van der Waals surface area (Å²) in [5.41, 5.74) is -5.09. The molecule has 0 bridgehead atoms. The minimum Gasteiger partial charge on any atom is -0.408 e. The molecule has 3 rings (SSSR count). The second-order valence-electron chi connectivity index (χ2n) is 6.69. The predicted octanol–water partition coefficient (Wildman–Crippen LogP) is 5.10. The third-order valence-electron chi connectivity index (χ3n) is 5.09. The van der Waals surface area contributed by atoms with Gasteiger partial charge in [-0.3, -0.25) is 0 Å². The van der Waals surface area contributed by atoms with Crippen LogP contribution in [-0.4, -0.2) is 16.8 Å². The van der Waals surface area contributed by atoms with Gasteiger partial charge in [0.15, 0.2) is 16.8 Å². The Morgan fingerprint density at radius 2 is 0.895 bits per heavy atom. The molecule has 0 amide bonds. The molecule has 3 fully saturated rings. The highest BCUT2D eigenvalue weighted by molar-refractivity contribution is 5.18. The molecule has 0 radical (unpaired) electrons. The first kappa shape index (κ1) is 6.81. The molecule has 110 valence electrons. The van der Waals surface area contributed by atoms with Crippen LogP contribution in [0.1, 0.15) is 92.3 Å². The van der Waals surface area contributed by atoms with Crippen molar-refractivity contribution in [1.29, 1.82) is 0 Å². The minimum absolute atomic E-state index is 1.32. The van der Waals surface area contributed by atoms with E-state index in [9.17, 15) is 0 Å². The smallest absolute Gasteiger partial charge is 0.169 e. The first-order chi connectivity index (χ1) is 12.3. The van der Waals surface area contributed by atoms with Crippen molar-refractivity contribution in [3.63, 3.8) is 0 Å². The van der Waals surface area contributed by atoms with Crippen LogP contribution in [0.4, 0.5) is 0 Å². The molecule has 0 aromatic rings. The molecule has 3 aliphatic heterocycles. The van der Waals surface area contributed by atoms with Crippen molar-refractivity contribution in [2.24, 2.45) is 17.7 Å². The Kier molecular flexibility index (Phi) is 1.43. The molecular formula is C18H33O+. The summed E-state index contributed by atoms with van der Waals surface area (Å²) in [5.74, 6) is -4.46. The molecular weight excluding hydrogens is 232 g/mol. The van der Waals surface area contributed by atoms with Crippen molar-refractivity contribution in [1.82, 2.24) is 0 Å². The van der Waals surface area contributed by atoms with E-state index in [0.29, 0.717) is 0 Å². The van der Waals surface area contributed by atoms with Gasteiger partial charge in [-0.25, -0.2) is 0 Å². The maximum atomic E-state index is 8.93. The summed E-state index contributed by atoms with van der Waals surface area (Å²) >= 11 is 0. The van der Waals surface area contributed by atoms with Gasteiger partial charge < -0.3 is 4.37 Å². The van der Waals surface area contributed by atoms with Crippen molar-refractivity contribution in [3.8, 4) is 0 Å². The van der Waals surface area contributed by atoms with Crippen LogP contribution in [0.5, 0.6) is 0 Å². The van der Waals surface area contributed by atoms with Crippen LogP contribution in [0.2, 0.25) is 0 Å². The molecule has 3 saturated heterocycles. The van der Waals surface area contributed by atoms with E-state index >= 15 is 0 Å². The number of rotatable bonds is 3. The maximum Gasteiger partial charge on any atom is 0.169 e. The van der Waals surface area contributed by atoms with Gasteiger partial charge in [0, 0.05) is 68.4 Å². The molecule has 19 heavy (non-hydrogen) atoms. The monoisotopic (exact) mass is 274 g/mol. The van der Waals surface area contributed by atoms with Gasteiger partial charge in [0.05, 0.1) is 0 Å². The van der Waals surface area contributed by atoms with Crippen LogP contribution in [0.25, 0.3) is 0 Å². The van der Waals surface area contributed by atoms with E-state index in [-0.39, 0.29) is 0 Å². The number of hydrogen-bond acceptors (Lipinski definition) is 0. The zero-order valence-electron chi connectivity index (χ0n) is 21.9. The zero-order chi connectivity index (χ0) is 22.0. The lowest BCUT2D eigenvalue weighted by atomic mass is 9.82. The standard InChI is InChI=1S/C18H33O/c1-13(2)16-7-9-17(14(3)4)11-12-18(10-8-16,15(5)6)19(16)17/h13-15H,7-12H2,1-6H3/q+1/i7D,8D,9D,10D,11D,12D,13D,14D,15D/t7-,8+,9+,10-,11-,12+,16?,17?,18?. The van der Waals surface area contributed by atoms with Crippen molar-refractivity contribution in [2.75, 3.05) is 0 Å². The van der Waals surface area contributed by atoms with E-state index in [1.807, 2.05) is 0 Å². The van der Waals surface area contributed by atoms with Crippen LogP contribution in [-0.2, 0) is 4.37 Å². The lowest BCUT2D eigenvalue weighted by molar-refractivity contribution is -0.352. The Balaban J connectivity index is 2.55. The molecule has 1 nitrogen and oxygen atoms in total. The van der Waals surface area contributed by atoms with E-state index in [1.54, 1.807) is 41.5 Å². The fourth-order valence-corrected chi connectivity index (χ4v) is 3.77. The number of hydrogen-bond donors (Lipinski definition) is 0. The quantitative estimate of drug-likeness (QED) is 0.629. The summed E-state index contributed by atoms with van der Waals surface area (Å²) in [6.07, 6.45) is -7.95. The molecule has 0 N–H and O–H groups in total. The van der Waals surface area contributed by atoms with Gasteiger partial charge >= 0.3 is 0 Å². The molecule has 3 unspecified atom stereocenters. The molecule has 0 aromatic heterocycles. The average Bonchev–Trinajstić information content (AvgIpc) is 2.94. The van der Waals surface area contributed by atoms with Crippen LogP contribution in [0, 0.1) is 17.7 Å². The van der Waals surface area contributed by atoms with Gasteiger partial charge in [-0.15, -0.1) is 0 Å². The van der Waals surface area contributed by atoms with Crippen LogP contribution < -0.4 is 0 Å². The van der Waals surface area contributed by atoms with Gasteiger partial charge in [0.25, 0.3) is 0 Å². The van der Waals surface area contributed by atoms with Crippen molar-refractivity contribution < 1.29 is 16.7 Å². The molecule has 3 heterocycles. The minimum atomic E-state index is -1.70. The summed E-state index contributed by atoms with van der Waals surface area (Å²) in [6, 6.07) is 0. The first-order valence-electron chi connectivity index (χ1n) is 12.1. The molecule has 0 spiro atoms. The highest BCUT2D eigenvalue weighted by Crippen LogP contribution is 2.71. The molecule has 0 aromatic carbocycles. The second kappa shape index (κ2) is 4.00. The molecule has 3 aliphatic rings. The summed E-state index contributed by atoms with van der Waals surface area (Å²) < 4.78 is 83.1. The zero-order valence-corrected chi connectivity index (χ0v) is 12.9. The molecule has 0 saturated carbocycles. The van der Waals surface area contributed by atoms with Crippen molar-refractivity contribution >= 4 is 0 Å². The third-order valence-corrected chi connectivity index (χ3v) is 5.09.